The maximum absolute atomic E-state index is 10.8. The molecule has 5 rings (SSSR count). The van der Waals surface area contributed by atoms with Crippen LogP contribution in [0, 0.1) is 45.8 Å². The molecule has 0 heterocycles. The van der Waals surface area contributed by atoms with Gasteiger partial charge in [0.05, 0.1) is 18.3 Å². The molecule has 0 aromatic rings. The van der Waals surface area contributed by atoms with Crippen molar-refractivity contribution in [1.82, 2.24) is 0 Å². The molecule has 1 spiro atoms. The SMILES string of the molecule is CO[C@@H]1C[C@H]2[C@@H]3C[C@H](O)[C@H]([C@H](C)O)[C@@]3(C)CC[C@@H]2[C@@]2(C)CC[C@@H]3C[C@]312. The Morgan fingerprint density at radius 2 is 1.84 bits per heavy atom. The minimum atomic E-state index is -0.412. The van der Waals surface area contributed by atoms with Crippen LogP contribution in [0.2, 0.25) is 0 Å². The summed E-state index contributed by atoms with van der Waals surface area (Å²) < 4.78 is 6.13. The van der Waals surface area contributed by atoms with Gasteiger partial charge in [0.2, 0.25) is 0 Å². The summed E-state index contributed by atoms with van der Waals surface area (Å²) >= 11 is 0. The molecule has 25 heavy (non-hydrogen) atoms. The summed E-state index contributed by atoms with van der Waals surface area (Å²) in [6.07, 6.45) is 8.38. The number of fused-ring (bicyclic) bond motifs is 4. The molecule has 0 saturated heterocycles. The van der Waals surface area contributed by atoms with Gasteiger partial charge in [-0.15, -0.1) is 0 Å². The number of ether oxygens (including phenoxy) is 1. The topological polar surface area (TPSA) is 49.7 Å². The first-order valence-corrected chi connectivity index (χ1v) is 10.7. The molecule has 5 aliphatic carbocycles. The van der Waals surface area contributed by atoms with Crippen LogP contribution in [0.25, 0.3) is 0 Å². The van der Waals surface area contributed by atoms with Gasteiger partial charge in [0.15, 0.2) is 0 Å². The standard InChI is InChI=1S/C22H36O3/c1-12(23)19-17(24)10-16-14-9-18(25-4)22-11-13(22)5-8-21(22,3)15(14)6-7-20(16,19)2/h12-19,23-24H,5-11H2,1-4H3/t12-,13+,14+,15-,16-,17-,18+,19-,20-,21+,22-/m0/s1. The van der Waals surface area contributed by atoms with Crippen LogP contribution in [-0.4, -0.2) is 35.6 Å². The molecule has 11 atom stereocenters. The maximum atomic E-state index is 10.8. The summed E-state index contributed by atoms with van der Waals surface area (Å²) in [6.45, 7) is 6.84. The molecule has 3 nitrogen and oxygen atoms in total. The van der Waals surface area contributed by atoms with Crippen LogP contribution < -0.4 is 0 Å². The first kappa shape index (κ1) is 17.0. The Bertz CT molecular complexity index is 576. The number of hydrogen-bond acceptors (Lipinski definition) is 3. The summed E-state index contributed by atoms with van der Waals surface area (Å²) in [7, 11) is 1.93. The Kier molecular flexibility index (Phi) is 3.42. The molecule has 5 aliphatic rings. The van der Waals surface area contributed by atoms with E-state index in [1.807, 2.05) is 14.0 Å². The lowest BCUT2D eigenvalue weighted by Crippen LogP contribution is -2.57. The van der Waals surface area contributed by atoms with Crippen LogP contribution in [0.15, 0.2) is 0 Å². The van der Waals surface area contributed by atoms with Crippen LogP contribution in [0.4, 0.5) is 0 Å². The van der Waals surface area contributed by atoms with Crippen molar-refractivity contribution in [1.29, 1.82) is 0 Å². The van der Waals surface area contributed by atoms with Crippen molar-refractivity contribution in [2.45, 2.75) is 84.0 Å². The lowest BCUT2D eigenvalue weighted by Gasteiger charge is -2.60. The second kappa shape index (κ2) is 5.02. The van der Waals surface area contributed by atoms with Gasteiger partial charge in [-0.05, 0) is 86.4 Å². The fourth-order valence-electron chi connectivity index (χ4n) is 9.50. The number of methoxy groups -OCH3 is 1. The second-order valence-electron chi connectivity index (χ2n) is 10.8. The average Bonchev–Trinajstić information content (AvgIpc) is 3.10. The molecule has 0 amide bonds. The van der Waals surface area contributed by atoms with Crippen LogP contribution in [-0.2, 0) is 4.74 Å². The van der Waals surface area contributed by atoms with Gasteiger partial charge in [-0.3, -0.25) is 0 Å². The molecule has 5 fully saturated rings. The molecule has 0 aromatic carbocycles. The fourth-order valence-corrected chi connectivity index (χ4v) is 9.50. The highest BCUT2D eigenvalue weighted by Gasteiger charge is 2.77. The second-order valence-corrected chi connectivity index (χ2v) is 10.8. The first-order chi connectivity index (χ1) is 11.8. The van der Waals surface area contributed by atoms with Gasteiger partial charge in [-0.1, -0.05) is 13.8 Å². The van der Waals surface area contributed by atoms with E-state index in [4.69, 9.17) is 4.74 Å². The zero-order chi connectivity index (χ0) is 17.8. The molecule has 0 aromatic heterocycles. The molecule has 142 valence electrons. The zero-order valence-corrected chi connectivity index (χ0v) is 16.4. The van der Waals surface area contributed by atoms with Crippen molar-refractivity contribution in [3.05, 3.63) is 0 Å². The van der Waals surface area contributed by atoms with Gasteiger partial charge in [0, 0.05) is 18.4 Å². The highest BCUT2D eigenvalue weighted by atomic mass is 16.5. The number of aliphatic hydroxyl groups is 2. The molecule has 5 saturated carbocycles. The maximum Gasteiger partial charge on any atom is 0.0638 e. The van der Waals surface area contributed by atoms with Gasteiger partial charge in [0.25, 0.3) is 0 Å². The van der Waals surface area contributed by atoms with Crippen molar-refractivity contribution < 1.29 is 14.9 Å². The van der Waals surface area contributed by atoms with E-state index < -0.39 is 6.10 Å². The number of aliphatic hydroxyl groups excluding tert-OH is 2. The summed E-state index contributed by atoms with van der Waals surface area (Å²) in [5.41, 5.74) is 1.00. The molecular weight excluding hydrogens is 312 g/mol. The van der Waals surface area contributed by atoms with E-state index in [2.05, 4.69) is 13.8 Å². The average molecular weight is 349 g/mol. The largest absolute Gasteiger partial charge is 0.393 e. The van der Waals surface area contributed by atoms with E-state index in [1.54, 1.807) is 0 Å². The minimum absolute atomic E-state index is 0.0420. The van der Waals surface area contributed by atoms with Crippen molar-refractivity contribution in [2.75, 3.05) is 7.11 Å². The van der Waals surface area contributed by atoms with E-state index in [-0.39, 0.29) is 17.4 Å². The molecule has 3 heteroatoms. The van der Waals surface area contributed by atoms with Crippen molar-refractivity contribution >= 4 is 0 Å². The van der Waals surface area contributed by atoms with Gasteiger partial charge in [0.1, 0.15) is 0 Å². The van der Waals surface area contributed by atoms with Gasteiger partial charge in [-0.2, -0.15) is 0 Å². The van der Waals surface area contributed by atoms with Crippen molar-refractivity contribution in [2.24, 2.45) is 45.8 Å². The van der Waals surface area contributed by atoms with Gasteiger partial charge < -0.3 is 14.9 Å². The van der Waals surface area contributed by atoms with Crippen LogP contribution >= 0.6 is 0 Å². The predicted molar refractivity (Wildman–Crippen MR) is 96.9 cm³/mol. The van der Waals surface area contributed by atoms with E-state index in [1.165, 1.54) is 38.5 Å². The van der Waals surface area contributed by atoms with Gasteiger partial charge in [-0.25, -0.2) is 0 Å². The third-order valence-corrected chi connectivity index (χ3v) is 10.5. The van der Waals surface area contributed by atoms with Crippen LogP contribution in [0.3, 0.4) is 0 Å². The summed E-state index contributed by atoms with van der Waals surface area (Å²) in [5, 5.41) is 21.2. The molecule has 0 aliphatic heterocycles. The number of hydrogen-bond donors (Lipinski definition) is 2. The van der Waals surface area contributed by atoms with Crippen molar-refractivity contribution in [3.8, 4) is 0 Å². The quantitative estimate of drug-likeness (QED) is 0.801. The van der Waals surface area contributed by atoms with Crippen LogP contribution in [0.1, 0.15) is 65.7 Å². The lowest BCUT2D eigenvalue weighted by molar-refractivity contribution is -0.163. The third-order valence-electron chi connectivity index (χ3n) is 10.5. The number of rotatable bonds is 2. The Hall–Kier alpha value is -0.120. The fraction of sp³-hybridized carbons (Fsp3) is 1.00. The normalized spacial score (nSPS) is 63.4. The molecule has 0 bridgehead atoms. The van der Waals surface area contributed by atoms with Crippen LogP contribution in [0.5, 0.6) is 0 Å². The monoisotopic (exact) mass is 348 g/mol. The molecule has 0 radical (unpaired) electrons. The summed E-state index contributed by atoms with van der Waals surface area (Å²) in [6, 6.07) is 0. The van der Waals surface area contributed by atoms with E-state index in [9.17, 15) is 10.2 Å². The van der Waals surface area contributed by atoms with E-state index in [0.717, 1.165) is 18.3 Å². The van der Waals surface area contributed by atoms with Crippen molar-refractivity contribution in [3.63, 3.8) is 0 Å². The zero-order valence-electron chi connectivity index (χ0n) is 16.4. The third kappa shape index (κ3) is 1.79. The smallest absolute Gasteiger partial charge is 0.0638 e. The summed E-state index contributed by atoms with van der Waals surface area (Å²) in [5.74, 6) is 2.96. The highest BCUT2D eigenvalue weighted by Crippen LogP contribution is 2.82. The Balaban J connectivity index is 1.53. The minimum Gasteiger partial charge on any atom is -0.393 e. The molecule has 0 unspecified atom stereocenters. The molecular formula is C22H36O3. The van der Waals surface area contributed by atoms with E-state index >= 15 is 0 Å². The first-order valence-electron chi connectivity index (χ1n) is 10.7. The van der Waals surface area contributed by atoms with E-state index in [0.29, 0.717) is 28.8 Å². The predicted octanol–water partition coefficient (Wildman–Crippen LogP) is 3.62. The van der Waals surface area contributed by atoms with Gasteiger partial charge >= 0.3 is 0 Å². The summed E-state index contributed by atoms with van der Waals surface area (Å²) in [4.78, 5) is 0. The Morgan fingerprint density at radius 1 is 1.08 bits per heavy atom. The lowest BCUT2D eigenvalue weighted by atomic mass is 9.45. The Labute approximate surface area is 152 Å². The Morgan fingerprint density at radius 3 is 2.48 bits per heavy atom. The highest BCUT2D eigenvalue weighted by molar-refractivity contribution is 5.26. The molecule has 2 N–H and O–H groups in total.